The fourth-order valence-corrected chi connectivity index (χ4v) is 1.91. The molecular weight excluding hydrogens is 254 g/mol. The molecule has 0 unspecified atom stereocenters. The zero-order valence-corrected chi connectivity index (χ0v) is 11.8. The monoisotopic (exact) mass is 271 g/mol. The number of benzene rings is 1. The number of carbonyl (C=O) groups excluding carboxylic acids is 1. The second-order valence-electron chi connectivity index (χ2n) is 4.60. The molecule has 0 aliphatic heterocycles. The second kappa shape index (κ2) is 6.14. The van der Waals surface area contributed by atoms with Crippen LogP contribution in [0, 0.1) is 6.92 Å². The molecule has 0 N–H and O–H groups in total. The third-order valence-electron chi connectivity index (χ3n) is 2.91. The van der Waals surface area contributed by atoms with Crippen molar-refractivity contribution >= 4 is 11.8 Å². The molecule has 20 heavy (non-hydrogen) atoms. The van der Waals surface area contributed by atoms with Crippen molar-refractivity contribution < 1.29 is 9.53 Å². The average molecular weight is 271 g/mol. The van der Waals surface area contributed by atoms with E-state index in [1.54, 1.807) is 6.20 Å². The minimum Gasteiger partial charge on any atom is -0.464 e. The summed E-state index contributed by atoms with van der Waals surface area (Å²) in [4.78, 5) is 21.7. The summed E-state index contributed by atoms with van der Waals surface area (Å²) in [5.41, 5.74) is 2.60. The van der Waals surface area contributed by atoms with Gasteiger partial charge in [0.05, 0.1) is 19.5 Å². The van der Waals surface area contributed by atoms with Crippen LogP contribution in [0.4, 0.5) is 5.82 Å². The number of carbonyl (C=O) groups is 1. The molecule has 0 saturated carbocycles. The van der Waals surface area contributed by atoms with Gasteiger partial charge in [0.25, 0.3) is 0 Å². The standard InChI is InChI=1S/C15H17N3O2/c1-11-5-4-6-12(7-11)10-18(2)14-9-16-8-13(17-14)15(19)20-3/h4-9H,10H2,1-3H3. The van der Waals surface area contributed by atoms with Gasteiger partial charge in [0.15, 0.2) is 5.69 Å². The Kier molecular flexibility index (Phi) is 4.30. The molecule has 0 spiro atoms. The van der Waals surface area contributed by atoms with Crippen LogP contribution in [0.25, 0.3) is 0 Å². The van der Waals surface area contributed by atoms with Crippen molar-refractivity contribution in [3.63, 3.8) is 0 Å². The Bertz CT molecular complexity index is 614. The first-order chi connectivity index (χ1) is 9.60. The average Bonchev–Trinajstić information content (AvgIpc) is 2.46. The maximum atomic E-state index is 11.4. The first-order valence-electron chi connectivity index (χ1n) is 6.27. The smallest absolute Gasteiger partial charge is 0.358 e. The van der Waals surface area contributed by atoms with E-state index in [4.69, 9.17) is 0 Å². The van der Waals surface area contributed by atoms with Gasteiger partial charge < -0.3 is 9.64 Å². The summed E-state index contributed by atoms with van der Waals surface area (Å²) in [6, 6.07) is 8.26. The molecule has 1 aromatic heterocycles. The summed E-state index contributed by atoms with van der Waals surface area (Å²) in [5, 5.41) is 0. The van der Waals surface area contributed by atoms with E-state index in [1.807, 2.05) is 18.0 Å². The van der Waals surface area contributed by atoms with Gasteiger partial charge in [-0.05, 0) is 12.5 Å². The fraction of sp³-hybridized carbons (Fsp3) is 0.267. The van der Waals surface area contributed by atoms with Crippen LogP contribution in [0.15, 0.2) is 36.7 Å². The van der Waals surface area contributed by atoms with Gasteiger partial charge in [0, 0.05) is 13.6 Å². The van der Waals surface area contributed by atoms with Crippen LogP contribution in [0.3, 0.4) is 0 Å². The molecule has 0 aliphatic rings. The number of methoxy groups -OCH3 is 1. The number of aromatic nitrogens is 2. The van der Waals surface area contributed by atoms with Crippen LogP contribution in [-0.4, -0.2) is 30.1 Å². The molecular formula is C15H17N3O2. The van der Waals surface area contributed by atoms with Crippen LogP contribution in [0.5, 0.6) is 0 Å². The third-order valence-corrected chi connectivity index (χ3v) is 2.91. The lowest BCUT2D eigenvalue weighted by atomic mass is 10.1. The van der Waals surface area contributed by atoms with E-state index in [-0.39, 0.29) is 5.69 Å². The molecule has 0 aliphatic carbocycles. The minimum absolute atomic E-state index is 0.209. The summed E-state index contributed by atoms with van der Waals surface area (Å²) < 4.78 is 4.65. The SMILES string of the molecule is COC(=O)c1cncc(N(C)Cc2cccc(C)c2)n1. The first-order valence-corrected chi connectivity index (χ1v) is 6.27. The highest BCUT2D eigenvalue weighted by molar-refractivity contribution is 5.87. The molecule has 1 heterocycles. The van der Waals surface area contributed by atoms with Crippen LogP contribution >= 0.6 is 0 Å². The van der Waals surface area contributed by atoms with E-state index in [0.717, 1.165) is 0 Å². The van der Waals surface area contributed by atoms with Gasteiger partial charge in [-0.25, -0.2) is 9.78 Å². The molecule has 0 fully saturated rings. The van der Waals surface area contributed by atoms with E-state index in [2.05, 4.69) is 39.8 Å². The Hall–Kier alpha value is -2.43. The highest BCUT2D eigenvalue weighted by Crippen LogP contribution is 2.13. The van der Waals surface area contributed by atoms with Gasteiger partial charge >= 0.3 is 5.97 Å². The topological polar surface area (TPSA) is 55.3 Å². The molecule has 5 heteroatoms. The zero-order chi connectivity index (χ0) is 14.5. The van der Waals surface area contributed by atoms with Crippen molar-refractivity contribution in [2.75, 3.05) is 19.1 Å². The van der Waals surface area contributed by atoms with Crippen molar-refractivity contribution in [2.45, 2.75) is 13.5 Å². The molecule has 104 valence electrons. The maximum Gasteiger partial charge on any atom is 0.358 e. The zero-order valence-electron chi connectivity index (χ0n) is 11.8. The normalized spacial score (nSPS) is 10.2. The molecule has 5 nitrogen and oxygen atoms in total. The highest BCUT2D eigenvalue weighted by atomic mass is 16.5. The largest absolute Gasteiger partial charge is 0.464 e. The van der Waals surface area contributed by atoms with Crippen molar-refractivity contribution in [3.8, 4) is 0 Å². The Morgan fingerprint density at radius 3 is 2.85 bits per heavy atom. The van der Waals surface area contributed by atoms with Gasteiger partial charge in [-0.3, -0.25) is 4.98 Å². The van der Waals surface area contributed by atoms with Crippen molar-refractivity contribution in [3.05, 3.63) is 53.5 Å². The minimum atomic E-state index is -0.483. The second-order valence-corrected chi connectivity index (χ2v) is 4.60. The molecule has 0 amide bonds. The Balaban J connectivity index is 2.17. The number of hydrogen-bond donors (Lipinski definition) is 0. The summed E-state index contributed by atoms with van der Waals surface area (Å²) >= 11 is 0. The van der Waals surface area contributed by atoms with E-state index in [1.165, 1.54) is 24.4 Å². The number of hydrogen-bond acceptors (Lipinski definition) is 5. The van der Waals surface area contributed by atoms with Crippen LogP contribution in [0.2, 0.25) is 0 Å². The third kappa shape index (κ3) is 3.32. The predicted octanol–water partition coefficient (Wildman–Crippen LogP) is 2.21. The first kappa shape index (κ1) is 14.0. The molecule has 0 saturated heterocycles. The highest BCUT2D eigenvalue weighted by Gasteiger charge is 2.11. The Morgan fingerprint density at radius 1 is 1.35 bits per heavy atom. The molecule has 2 aromatic rings. The van der Waals surface area contributed by atoms with Crippen molar-refractivity contribution in [1.29, 1.82) is 0 Å². The van der Waals surface area contributed by atoms with Crippen molar-refractivity contribution in [2.24, 2.45) is 0 Å². The van der Waals surface area contributed by atoms with Gasteiger partial charge in [0.2, 0.25) is 0 Å². The Labute approximate surface area is 118 Å². The number of ether oxygens (including phenoxy) is 1. The van der Waals surface area contributed by atoms with Gasteiger partial charge in [-0.15, -0.1) is 0 Å². The molecule has 2 rings (SSSR count). The number of nitrogens with zero attached hydrogens (tertiary/aromatic N) is 3. The molecule has 0 atom stereocenters. The maximum absolute atomic E-state index is 11.4. The van der Waals surface area contributed by atoms with E-state index in [9.17, 15) is 4.79 Å². The van der Waals surface area contributed by atoms with Crippen molar-refractivity contribution in [1.82, 2.24) is 9.97 Å². The van der Waals surface area contributed by atoms with Crippen LogP contribution in [0.1, 0.15) is 21.6 Å². The van der Waals surface area contributed by atoms with Gasteiger partial charge in [-0.1, -0.05) is 29.8 Å². The van der Waals surface area contributed by atoms with Crippen LogP contribution in [-0.2, 0) is 11.3 Å². The summed E-state index contributed by atoms with van der Waals surface area (Å²) in [6.45, 7) is 2.75. The summed E-state index contributed by atoms with van der Waals surface area (Å²) in [6.07, 6.45) is 3.03. The van der Waals surface area contributed by atoms with E-state index < -0.39 is 5.97 Å². The van der Waals surface area contributed by atoms with Crippen LogP contribution < -0.4 is 4.90 Å². The lowest BCUT2D eigenvalue weighted by molar-refractivity contribution is 0.0593. The molecule has 1 aromatic carbocycles. The fourth-order valence-electron chi connectivity index (χ4n) is 1.91. The molecule has 0 radical (unpaired) electrons. The number of rotatable bonds is 4. The number of anilines is 1. The predicted molar refractivity (Wildman–Crippen MR) is 76.7 cm³/mol. The number of aryl methyl sites for hydroxylation is 1. The lowest BCUT2D eigenvalue weighted by Crippen LogP contribution is -2.19. The number of esters is 1. The Morgan fingerprint density at radius 2 is 2.15 bits per heavy atom. The van der Waals surface area contributed by atoms with Gasteiger partial charge in [0.1, 0.15) is 5.82 Å². The lowest BCUT2D eigenvalue weighted by Gasteiger charge is -2.18. The summed E-state index contributed by atoms with van der Waals surface area (Å²) in [7, 11) is 3.24. The molecule has 0 bridgehead atoms. The van der Waals surface area contributed by atoms with E-state index in [0.29, 0.717) is 12.4 Å². The summed E-state index contributed by atoms with van der Waals surface area (Å²) in [5.74, 6) is 0.151. The van der Waals surface area contributed by atoms with Gasteiger partial charge in [-0.2, -0.15) is 0 Å². The quantitative estimate of drug-likeness (QED) is 0.798. The van der Waals surface area contributed by atoms with E-state index >= 15 is 0 Å².